The molecule has 0 aliphatic heterocycles. The van der Waals surface area contributed by atoms with Crippen molar-refractivity contribution in [3.8, 4) is 23.0 Å². The third-order valence-corrected chi connectivity index (χ3v) is 5.04. The van der Waals surface area contributed by atoms with Gasteiger partial charge in [-0.1, -0.05) is 25.1 Å². The molecule has 0 spiro atoms. The molecule has 31 heavy (non-hydrogen) atoms. The normalized spacial score (nSPS) is 10.5. The molecular weight excluding hydrogens is 458 g/mol. The maximum absolute atomic E-state index is 12.8. The molecule has 0 radical (unpaired) electrons. The summed E-state index contributed by atoms with van der Waals surface area (Å²) < 4.78 is 18.0. The Morgan fingerprint density at radius 2 is 1.71 bits per heavy atom. The quantitative estimate of drug-likeness (QED) is 0.356. The number of halogens is 1. The second kappa shape index (κ2) is 10.9. The molecule has 0 atom stereocenters. The molecule has 3 aromatic rings. The second-order valence-corrected chi connectivity index (χ2v) is 7.77. The molecule has 0 heterocycles. The highest BCUT2D eigenvalue weighted by atomic mass is 79.9. The van der Waals surface area contributed by atoms with Crippen LogP contribution in [0.1, 0.15) is 36.2 Å². The number of amides is 1. The zero-order valence-corrected chi connectivity index (χ0v) is 19.5. The number of nitrogens with one attached hydrogen (secondary N) is 1. The average molecular weight is 484 g/mol. The first-order chi connectivity index (χ1) is 15.0. The van der Waals surface area contributed by atoms with Crippen LogP contribution in [0.5, 0.6) is 23.0 Å². The molecule has 0 aliphatic carbocycles. The summed E-state index contributed by atoms with van der Waals surface area (Å²) in [4.78, 5) is 12.8. The first-order valence-corrected chi connectivity index (χ1v) is 11.0. The lowest BCUT2D eigenvalue weighted by Gasteiger charge is -2.15. The molecule has 5 nitrogen and oxygen atoms in total. The molecule has 0 saturated carbocycles. The summed E-state index contributed by atoms with van der Waals surface area (Å²) in [6, 6.07) is 18.5. The number of hydrogen-bond donors (Lipinski definition) is 1. The van der Waals surface area contributed by atoms with E-state index in [1.54, 1.807) is 12.1 Å². The van der Waals surface area contributed by atoms with E-state index in [1.807, 2.05) is 69.3 Å². The van der Waals surface area contributed by atoms with Gasteiger partial charge in [0.15, 0.2) is 11.5 Å². The first-order valence-electron chi connectivity index (χ1n) is 10.3. The molecular formula is C25H26BrNO4. The van der Waals surface area contributed by atoms with Gasteiger partial charge in [0.05, 0.1) is 17.7 Å². The second-order valence-electron chi connectivity index (χ2n) is 6.91. The van der Waals surface area contributed by atoms with Crippen molar-refractivity contribution in [3.05, 3.63) is 76.3 Å². The van der Waals surface area contributed by atoms with Gasteiger partial charge in [0, 0.05) is 11.3 Å². The Bertz CT molecular complexity index is 1030. The van der Waals surface area contributed by atoms with Crippen molar-refractivity contribution in [1.29, 1.82) is 0 Å². The predicted molar refractivity (Wildman–Crippen MR) is 127 cm³/mol. The van der Waals surface area contributed by atoms with Crippen molar-refractivity contribution in [2.45, 2.75) is 27.2 Å². The van der Waals surface area contributed by atoms with Crippen LogP contribution >= 0.6 is 15.9 Å². The fourth-order valence-corrected chi connectivity index (χ4v) is 3.47. The van der Waals surface area contributed by atoms with Crippen molar-refractivity contribution in [1.82, 2.24) is 0 Å². The zero-order valence-electron chi connectivity index (χ0n) is 17.9. The minimum Gasteiger partial charge on any atom is -0.490 e. The molecule has 6 heteroatoms. The SMILES string of the molecule is CCCOc1c(Br)cc(C(=O)Nc2ccc(Oc3ccccc3C)cc2)cc1OCC. The highest BCUT2D eigenvalue weighted by Gasteiger charge is 2.16. The fourth-order valence-electron chi connectivity index (χ4n) is 2.91. The van der Waals surface area contributed by atoms with Crippen LogP contribution in [0.25, 0.3) is 0 Å². The number of anilines is 1. The van der Waals surface area contributed by atoms with Crippen LogP contribution in [0.3, 0.4) is 0 Å². The van der Waals surface area contributed by atoms with Gasteiger partial charge in [0.2, 0.25) is 0 Å². The highest BCUT2D eigenvalue weighted by Crippen LogP contribution is 2.37. The largest absolute Gasteiger partial charge is 0.490 e. The number of ether oxygens (including phenoxy) is 3. The maximum Gasteiger partial charge on any atom is 0.255 e. The summed E-state index contributed by atoms with van der Waals surface area (Å²) >= 11 is 3.50. The third-order valence-electron chi connectivity index (χ3n) is 4.46. The van der Waals surface area contributed by atoms with Gasteiger partial charge >= 0.3 is 0 Å². The number of carbonyl (C=O) groups is 1. The van der Waals surface area contributed by atoms with Crippen LogP contribution in [0.15, 0.2) is 65.1 Å². The van der Waals surface area contributed by atoms with Crippen LogP contribution in [-0.2, 0) is 0 Å². The first kappa shape index (κ1) is 22.7. The Hall–Kier alpha value is -2.99. The van der Waals surface area contributed by atoms with Gasteiger partial charge in [-0.3, -0.25) is 4.79 Å². The zero-order chi connectivity index (χ0) is 22.2. The number of hydrogen-bond acceptors (Lipinski definition) is 4. The number of aryl methyl sites for hydroxylation is 1. The molecule has 162 valence electrons. The van der Waals surface area contributed by atoms with Gasteiger partial charge in [-0.15, -0.1) is 0 Å². The Morgan fingerprint density at radius 3 is 2.39 bits per heavy atom. The van der Waals surface area contributed by atoms with Gasteiger partial charge in [-0.25, -0.2) is 0 Å². The molecule has 3 aromatic carbocycles. The van der Waals surface area contributed by atoms with Gasteiger partial charge in [0.25, 0.3) is 5.91 Å². The molecule has 0 fully saturated rings. The minimum atomic E-state index is -0.240. The molecule has 0 saturated heterocycles. The lowest BCUT2D eigenvalue weighted by Crippen LogP contribution is -2.12. The van der Waals surface area contributed by atoms with Crippen molar-refractivity contribution < 1.29 is 19.0 Å². The van der Waals surface area contributed by atoms with E-state index in [0.717, 1.165) is 17.7 Å². The van der Waals surface area contributed by atoms with Crippen LogP contribution in [-0.4, -0.2) is 19.1 Å². The lowest BCUT2D eigenvalue weighted by atomic mass is 10.1. The summed E-state index contributed by atoms with van der Waals surface area (Å²) in [5.41, 5.74) is 2.20. The van der Waals surface area contributed by atoms with Crippen molar-refractivity contribution in [3.63, 3.8) is 0 Å². The summed E-state index contributed by atoms with van der Waals surface area (Å²) in [6.07, 6.45) is 0.879. The molecule has 3 rings (SSSR count). The topological polar surface area (TPSA) is 56.8 Å². The van der Waals surface area contributed by atoms with E-state index in [0.29, 0.717) is 46.2 Å². The smallest absolute Gasteiger partial charge is 0.255 e. The maximum atomic E-state index is 12.8. The average Bonchev–Trinajstić information content (AvgIpc) is 2.76. The van der Waals surface area contributed by atoms with E-state index in [9.17, 15) is 4.79 Å². The molecule has 0 aromatic heterocycles. The van der Waals surface area contributed by atoms with Crippen molar-refractivity contribution in [2.75, 3.05) is 18.5 Å². The Balaban J connectivity index is 1.72. The van der Waals surface area contributed by atoms with E-state index < -0.39 is 0 Å². The predicted octanol–water partition coefficient (Wildman–Crippen LogP) is 6.99. The minimum absolute atomic E-state index is 0.240. The van der Waals surface area contributed by atoms with E-state index in [4.69, 9.17) is 14.2 Å². The van der Waals surface area contributed by atoms with Crippen molar-refractivity contribution >= 4 is 27.5 Å². The van der Waals surface area contributed by atoms with Gasteiger partial charge in [-0.2, -0.15) is 0 Å². The van der Waals surface area contributed by atoms with E-state index in [1.165, 1.54) is 0 Å². The molecule has 1 amide bonds. The summed E-state index contributed by atoms with van der Waals surface area (Å²) in [7, 11) is 0. The van der Waals surface area contributed by atoms with Crippen LogP contribution < -0.4 is 19.5 Å². The number of para-hydroxylation sites is 1. The van der Waals surface area contributed by atoms with Crippen LogP contribution in [0.4, 0.5) is 5.69 Å². The van der Waals surface area contributed by atoms with Gasteiger partial charge in [0.1, 0.15) is 11.5 Å². The molecule has 0 aliphatic rings. The summed E-state index contributed by atoms with van der Waals surface area (Å²) in [5, 5.41) is 2.91. The van der Waals surface area contributed by atoms with Gasteiger partial charge < -0.3 is 19.5 Å². The van der Waals surface area contributed by atoms with Crippen LogP contribution in [0.2, 0.25) is 0 Å². The Morgan fingerprint density at radius 1 is 0.968 bits per heavy atom. The summed E-state index contributed by atoms with van der Waals surface area (Å²) in [6.45, 7) is 6.97. The number of rotatable bonds is 9. The summed E-state index contributed by atoms with van der Waals surface area (Å²) in [5.74, 6) is 2.41. The fraction of sp³-hybridized carbons (Fsp3) is 0.240. The third kappa shape index (κ3) is 6.01. The van der Waals surface area contributed by atoms with E-state index in [-0.39, 0.29) is 5.91 Å². The number of benzene rings is 3. The van der Waals surface area contributed by atoms with Crippen LogP contribution in [0, 0.1) is 6.92 Å². The monoisotopic (exact) mass is 483 g/mol. The lowest BCUT2D eigenvalue weighted by molar-refractivity contribution is 0.102. The van der Waals surface area contributed by atoms with E-state index >= 15 is 0 Å². The molecule has 1 N–H and O–H groups in total. The molecule has 0 bridgehead atoms. The highest BCUT2D eigenvalue weighted by molar-refractivity contribution is 9.10. The standard InChI is InChI=1S/C25H26BrNO4/c1-4-14-30-24-21(26)15-18(16-23(24)29-5-2)25(28)27-19-10-12-20(13-11-19)31-22-9-7-6-8-17(22)3/h6-13,15-16H,4-5,14H2,1-3H3,(H,27,28). The van der Waals surface area contributed by atoms with Crippen molar-refractivity contribution in [2.24, 2.45) is 0 Å². The Kier molecular flexibility index (Phi) is 7.95. The molecule has 0 unspecified atom stereocenters. The van der Waals surface area contributed by atoms with Gasteiger partial charge in [-0.05, 0) is 84.2 Å². The number of carbonyl (C=O) groups excluding carboxylic acids is 1. The Labute approximate surface area is 191 Å². The van der Waals surface area contributed by atoms with E-state index in [2.05, 4.69) is 21.2 Å².